The third-order valence-corrected chi connectivity index (χ3v) is 3.27. The molecular weight excluding hydrogens is 267 g/mol. The van der Waals surface area contributed by atoms with Crippen LogP contribution in [0.1, 0.15) is 29.4 Å². The maximum Gasteiger partial charge on any atom is 0.433 e. The Morgan fingerprint density at radius 3 is 2.25 bits per heavy atom. The first kappa shape index (κ1) is 14.6. The second-order valence-electron chi connectivity index (χ2n) is 4.78. The van der Waals surface area contributed by atoms with E-state index in [1.807, 2.05) is 26.8 Å². The molecule has 0 unspecified atom stereocenters. The van der Waals surface area contributed by atoms with Gasteiger partial charge in [-0.3, -0.25) is 9.67 Å². The van der Waals surface area contributed by atoms with Crippen LogP contribution in [0.25, 0.3) is 11.4 Å². The van der Waals surface area contributed by atoms with Crippen molar-refractivity contribution < 1.29 is 13.2 Å². The highest BCUT2D eigenvalue weighted by Crippen LogP contribution is 2.32. The number of pyridine rings is 1. The molecule has 0 bridgehead atoms. The Morgan fingerprint density at radius 1 is 1.10 bits per heavy atom. The van der Waals surface area contributed by atoms with Crippen molar-refractivity contribution in [1.29, 1.82) is 0 Å². The molecular formula is C14H16F3N3. The summed E-state index contributed by atoms with van der Waals surface area (Å²) < 4.78 is 39.7. The molecule has 0 aromatic carbocycles. The molecule has 0 atom stereocenters. The molecule has 0 N–H and O–H groups in total. The Labute approximate surface area is 115 Å². The van der Waals surface area contributed by atoms with Gasteiger partial charge in [0.1, 0.15) is 11.4 Å². The van der Waals surface area contributed by atoms with Gasteiger partial charge in [-0.15, -0.1) is 0 Å². The Hall–Kier alpha value is -1.85. The summed E-state index contributed by atoms with van der Waals surface area (Å²) >= 11 is 0. The van der Waals surface area contributed by atoms with E-state index in [2.05, 4.69) is 10.1 Å². The van der Waals surface area contributed by atoms with E-state index in [0.29, 0.717) is 5.69 Å². The number of nitrogens with zero attached hydrogens (tertiary/aromatic N) is 3. The highest BCUT2D eigenvalue weighted by atomic mass is 19.4. The average Bonchev–Trinajstić information content (AvgIpc) is 2.77. The van der Waals surface area contributed by atoms with Crippen molar-refractivity contribution in [2.45, 2.75) is 40.4 Å². The highest BCUT2D eigenvalue weighted by molar-refractivity contribution is 5.60. The number of aromatic nitrogens is 3. The molecule has 2 rings (SSSR count). The van der Waals surface area contributed by atoms with Gasteiger partial charge < -0.3 is 0 Å². The summed E-state index contributed by atoms with van der Waals surface area (Å²) in [6, 6.07) is 2.98. The molecule has 6 heteroatoms. The van der Waals surface area contributed by atoms with Gasteiger partial charge in [0, 0.05) is 12.2 Å². The van der Waals surface area contributed by atoms with Crippen molar-refractivity contribution in [3.8, 4) is 11.4 Å². The van der Waals surface area contributed by atoms with E-state index < -0.39 is 11.9 Å². The van der Waals surface area contributed by atoms with E-state index >= 15 is 0 Å². The van der Waals surface area contributed by atoms with E-state index in [0.717, 1.165) is 27.6 Å². The lowest BCUT2D eigenvalue weighted by Crippen LogP contribution is -2.13. The summed E-state index contributed by atoms with van der Waals surface area (Å²) in [5.41, 5.74) is 2.66. The molecule has 0 spiro atoms. The summed E-state index contributed by atoms with van der Waals surface area (Å²) in [7, 11) is 0. The Morgan fingerprint density at radius 2 is 1.75 bits per heavy atom. The molecule has 0 fully saturated rings. The van der Waals surface area contributed by atoms with E-state index in [4.69, 9.17) is 0 Å². The van der Waals surface area contributed by atoms with Gasteiger partial charge in [-0.2, -0.15) is 18.3 Å². The van der Waals surface area contributed by atoms with Gasteiger partial charge in [0.05, 0.1) is 5.69 Å². The molecule has 2 heterocycles. The molecule has 3 nitrogen and oxygen atoms in total. The van der Waals surface area contributed by atoms with Gasteiger partial charge in [0.25, 0.3) is 0 Å². The first-order valence-electron chi connectivity index (χ1n) is 6.34. The van der Waals surface area contributed by atoms with Crippen LogP contribution in [0.15, 0.2) is 12.1 Å². The maximum atomic E-state index is 12.9. The zero-order chi connectivity index (χ0) is 15.1. The smallest absolute Gasteiger partial charge is 0.260 e. The van der Waals surface area contributed by atoms with E-state index in [1.165, 1.54) is 0 Å². The normalized spacial score (nSPS) is 11.9. The number of rotatable bonds is 2. The van der Waals surface area contributed by atoms with Crippen molar-refractivity contribution in [3.63, 3.8) is 0 Å². The zero-order valence-electron chi connectivity index (χ0n) is 11.8. The minimum absolute atomic E-state index is 0.165. The minimum Gasteiger partial charge on any atom is -0.260 e. The van der Waals surface area contributed by atoms with Gasteiger partial charge in [0.15, 0.2) is 0 Å². The van der Waals surface area contributed by atoms with Gasteiger partial charge in [0.2, 0.25) is 0 Å². The van der Waals surface area contributed by atoms with Crippen LogP contribution in [0, 0.1) is 20.8 Å². The van der Waals surface area contributed by atoms with Crippen molar-refractivity contribution in [2.75, 3.05) is 0 Å². The van der Waals surface area contributed by atoms with Crippen LogP contribution in [0.5, 0.6) is 0 Å². The summed E-state index contributed by atoms with van der Waals surface area (Å²) in [4.78, 5) is 4.37. The molecule has 108 valence electrons. The zero-order valence-corrected chi connectivity index (χ0v) is 11.8. The molecule has 0 radical (unpaired) electrons. The second-order valence-corrected chi connectivity index (χ2v) is 4.78. The molecule has 2 aromatic heterocycles. The number of hydrogen-bond donors (Lipinski definition) is 0. The summed E-state index contributed by atoms with van der Waals surface area (Å²) in [5, 5.41) is 4.03. The van der Waals surface area contributed by atoms with Crippen molar-refractivity contribution >= 4 is 0 Å². The minimum atomic E-state index is -4.41. The summed E-state index contributed by atoms with van der Waals surface area (Å²) in [6.45, 7) is 7.38. The summed E-state index contributed by atoms with van der Waals surface area (Å²) in [5.74, 6) is 0. The lowest BCUT2D eigenvalue weighted by molar-refractivity contribution is -0.144. The third kappa shape index (κ3) is 2.55. The molecule has 0 saturated heterocycles. The molecule has 0 aliphatic carbocycles. The van der Waals surface area contributed by atoms with Crippen molar-refractivity contribution in [2.24, 2.45) is 0 Å². The fraction of sp³-hybridized carbons (Fsp3) is 0.429. The largest absolute Gasteiger partial charge is 0.433 e. The fourth-order valence-corrected chi connectivity index (χ4v) is 2.10. The molecule has 0 aliphatic rings. The van der Waals surface area contributed by atoms with Gasteiger partial charge in [-0.25, -0.2) is 0 Å². The van der Waals surface area contributed by atoms with Crippen LogP contribution in [0.4, 0.5) is 13.2 Å². The van der Waals surface area contributed by atoms with Crippen LogP contribution >= 0.6 is 0 Å². The van der Waals surface area contributed by atoms with E-state index in [9.17, 15) is 13.2 Å². The summed E-state index contributed by atoms with van der Waals surface area (Å²) in [6.07, 6.45) is -4.41. The average molecular weight is 283 g/mol. The molecule has 0 saturated carbocycles. The highest BCUT2D eigenvalue weighted by Gasteiger charge is 2.35. The second kappa shape index (κ2) is 4.92. The third-order valence-electron chi connectivity index (χ3n) is 3.27. The number of hydrogen-bond acceptors (Lipinski definition) is 2. The monoisotopic (exact) mass is 283 g/mol. The van der Waals surface area contributed by atoms with Crippen LogP contribution < -0.4 is 0 Å². The first-order chi connectivity index (χ1) is 9.24. The first-order valence-corrected chi connectivity index (χ1v) is 6.34. The van der Waals surface area contributed by atoms with Crippen LogP contribution in [-0.2, 0) is 12.7 Å². The van der Waals surface area contributed by atoms with Crippen molar-refractivity contribution in [1.82, 2.24) is 14.8 Å². The standard InChI is InChI=1S/C14H16F3N3/c1-5-20-12(14(15,16)17)7-11(19-20)13-9(3)6-8(2)10(4)18-13/h6-7H,5H2,1-4H3. The van der Waals surface area contributed by atoms with Crippen molar-refractivity contribution in [3.05, 3.63) is 34.6 Å². The Balaban J connectivity index is 2.60. The maximum absolute atomic E-state index is 12.9. The lowest BCUT2D eigenvalue weighted by atomic mass is 10.1. The fourth-order valence-electron chi connectivity index (χ4n) is 2.10. The SMILES string of the molecule is CCn1nc(-c2nc(C)c(C)cc2C)cc1C(F)(F)F. The predicted molar refractivity (Wildman–Crippen MR) is 70.3 cm³/mol. The Kier molecular flexibility index (Phi) is 3.58. The molecule has 0 aliphatic heterocycles. The quantitative estimate of drug-likeness (QED) is 0.836. The van der Waals surface area contributed by atoms with E-state index in [1.54, 1.807) is 6.92 Å². The number of halogens is 3. The molecule has 20 heavy (non-hydrogen) atoms. The van der Waals surface area contributed by atoms with Crippen LogP contribution in [-0.4, -0.2) is 14.8 Å². The number of alkyl halides is 3. The van der Waals surface area contributed by atoms with Gasteiger partial charge in [-0.05, 0) is 44.9 Å². The Bertz CT molecular complexity index is 642. The van der Waals surface area contributed by atoms with Crippen LogP contribution in [0.2, 0.25) is 0 Å². The predicted octanol–water partition coefficient (Wildman–Crippen LogP) is 3.91. The van der Waals surface area contributed by atoms with Gasteiger partial charge >= 0.3 is 6.18 Å². The number of aryl methyl sites for hydroxylation is 4. The van der Waals surface area contributed by atoms with Crippen LogP contribution in [0.3, 0.4) is 0 Å². The topological polar surface area (TPSA) is 30.7 Å². The lowest BCUT2D eigenvalue weighted by Gasteiger charge is -2.07. The van der Waals surface area contributed by atoms with Gasteiger partial charge in [-0.1, -0.05) is 6.07 Å². The molecule has 0 amide bonds. The molecule has 2 aromatic rings. The van der Waals surface area contributed by atoms with E-state index in [-0.39, 0.29) is 12.2 Å².